The molecule has 128 valence electrons. The molecule has 4 aromatic rings. The van der Waals surface area contributed by atoms with E-state index in [-0.39, 0.29) is 5.41 Å². The second-order valence-electron chi connectivity index (χ2n) is 7.89. The average molecular weight is 344 g/mol. The molecule has 0 heterocycles. The van der Waals surface area contributed by atoms with Gasteiger partial charge in [-0.3, -0.25) is 0 Å². The van der Waals surface area contributed by atoms with Crippen molar-refractivity contribution in [1.29, 1.82) is 0 Å². The average Bonchev–Trinajstić information content (AvgIpc) is 3.16. The first-order valence-corrected chi connectivity index (χ1v) is 9.64. The van der Waals surface area contributed by atoms with Gasteiger partial charge in [0.1, 0.15) is 0 Å². The summed E-state index contributed by atoms with van der Waals surface area (Å²) in [7, 11) is 0. The van der Waals surface area contributed by atoms with Gasteiger partial charge < -0.3 is 0 Å². The Morgan fingerprint density at radius 1 is 0.519 bits per heavy atom. The Labute approximate surface area is 160 Å². The Kier molecular flexibility index (Phi) is 2.77. The van der Waals surface area contributed by atoms with Gasteiger partial charge in [-0.1, -0.05) is 90.5 Å². The van der Waals surface area contributed by atoms with Gasteiger partial charge in [-0.05, 0) is 63.9 Å². The molecule has 0 saturated heterocycles. The van der Waals surface area contributed by atoms with E-state index in [2.05, 4.69) is 98.8 Å². The number of hydrogen-bond acceptors (Lipinski definition) is 0. The number of aryl methyl sites for hydroxylation is 2. The summed E-state index contributed by atoms with van der Waals surface area (Å²) < 4.78 is 0. The first kappa shape index (κ1) is 15.0. The van der Waals surface area contributed by atoms with Crippen molar-refractivity contribution in [2.75, 3.05) is 0 Å². The van der Waals surface area contributed by atoms with E-state index in [1.807, 2.05) is 0 Å². The van der Waals surface area contributed by atoms with Gasteiger partial charge in [0, 0.05) is 0 Å². The minimum Gasteiger partial charge on any atom is -0.0619 e. The van der Waals surface area contributed by atoms with Crippen LogP contribution in [-0.2, 0) is 5.41 Å². The first-order chi connectivity index (χ1) is 13.2. The lowest BCUT2D eigenvalue weighted by atomic mass is 9.70. The summed E-state index contributed by atoms with van der Waals surface area (Å²) >= 11 is 0. The summed E-state index contributed by atoms with van der Waals surface area (Å²) in [5, 5.41) is 0. The van der Waals surface area contributed by atoms with E-state index in [9.17, 15) is 0 Å². The third-order valence-electron chi connectivity index (χ3n) is 6.48. The summed E-state index contributed by atoms with van der Waals surface area (Å²) in [4.78, 5) is 0. The molecule has 0 nitrogen and oxygen atoms in total. The number of hydrogen-bond donors (Lipinski definition) is 0. The van der Waals surface area contributed by atoms with Crippen LogP contribution in [0.3, 0.4) is 0 Å². The van der Waals surface area contributed by atoms with Crippen molar-refractivity contribution in [3.63, 3.8) is 0 Å². The smallest absolute Gasteiger partial charge is 0.0619 e. The van der Waals surface area contributed by atoms with Crippen LogP contribution in [0.1, 0.15) is 33.4 Å². The maximum Gasteiger partial charge on any atom is 0.0725 e. The van der Waals surface area contributed by atoms with E-state index < -0.39 is 0 Å². The molecule has 1 spiro atoms. The Morgan fingerprint density at radius 2 is 1.15 bits per heavy atom. The van der Waals surface area contributed by atoms with Crippen molar-refractivity contribution in [2.45, 2.75) is 19.3 Å². The van der Waals surface area contributed by atoms with Crippen LogP contribution in [0.2, 0.25) is 0 Å². The van der Waals surface area contributed by atoms with Gasteiger partial charge in [0.2, 0.25) is 0 Å². The van der Waals surface area contributed by atoms with Crippen LogP contribution in [0, 0.1) is 13.8 Å². The third-order valence-corrected chi connectivity index (χ3v) is 6.48. The number of rotatable bonds is 0. The van der Waals surface area contributed by atoms with Crippen LogP contribution in [-0.4, -0.2) is 0 Å². The van der Waals surface area contributed by atoms with Crippen LogP contribution in [0.4, 0.5) is 0 Å². The van der Waals surface area contributed by atoms with Gasteiger partial charge in [0.05, 0.1) is 5.41 Å². The molecule has 0 unspecified atom stereocenters. The SMILES string of the molecule is Cc1ccc2c(c1)C1(c3ccccc3-c3ccccc31)c1cccc(C)c1-2. The van der Waals surface area contributed by atoms with E-state index in [0.717, 1.165) is 0 Å². The normalized spacial score (nSPS) is 14.6. The number of benzene rings is 4. The van der Waals surface area contributed by atoms with E-state index in [1.165, 1.54) is 55.6 Å². The van der Waals surface area contributed by atoms with Gasteiger partial charge in [-0.2, -0.15) is 0 Å². The zero-order chi connectivity index (χ0) is 18.2. The lowest BCUT2D eigenvalue weighted by Crippen LogP contribution is -2.25. The van der Waals surface area contributed by atoms with Crippen molar-refractivity contribution < 1.29 is 0 Å². The molecule has 0 atom stereocenters. The molecule has 6 rings (SSSR count). The maximum atomic E-state index is 2.41. The van der Waals surface area contributed by atoms with Crippen LogP contribution in [0.15, 0.2) is 84.9 Å². The summed E-state index contributed by atoms with van der Waals surface area (Å²) in [6.07, 6.45) is 0. The molecule has 0 amide bonds. The second-order valence-corrected chi connectivity index (χ2v) is 7.89. The third kappa shape index (κ3) is 1.64. The summed E-state index contributed by atoms with van der Waals surface area (Å²) in [6, 6.07) is 31.7. The molecular formula is C27H20. The van der Waals surface area contributed by atoms with Crippen LogP contribution >= 0.6 is 0 Å². The van der Waals surface area contributed by atoms with Crippen LogP contribution in [0.5, 0.6) is 0 Å². The molecule has 0 radical (unpaired) electrons. The fraction of sp³-hybridized carbons (Fsp3) is 0.111. The monoisotopic (exact) mass is 344 g/mol. The predicted molar refractivity (Wildman–Crippen MR) is 112 cm³/mol. The molecule has 0 heteroatoms. The Morgan fingerprint density at radius 3 is 1.85 bits per heavy atom. The molecule has 2 aliphatic carbocycles. The van der Waals surface area contributed by atoms with Crippen molar-refractivity contribution in [3.05, 3.63) is 118 Å². The lowest BCUT2D eigenvalue weighted by molar-refractivity contribution is 0.792. The van der Waals surface area contributed by atoms with Crippen LogP contribution in [0.25, 0.3) is 22.3 Å². The van der Waals surface area contributed by atoms with Gasteiger partial charge >= 0.3 is 0 Å². The van der Waals surface area contributed by atoms with Crippen LogP contribution < -0.4 is 0 Å². The standard InChI is InChI=1S/C27H20/c1-17-14-15-21-25(16-17)27(24-13-7-8-18(2)26(21)24)22-11-5-3-9-19(22)20-10-4-6-12-23(20)27/h3-16H,1-2H3. The van der Waals surface area contributed by atoms with Crippen molar-refractivity contribution in [2.24, 2.45) is 0 Å². The molecule has 4 aromatic carbocycles. The second kappa shape index (κ2) is 4.98. The Balaban J connectivity index is 1.89. The van der Waals surface area contributed by atoms with Gasteiger partial charge in [-0.25, -0.2) is 0 Å². The Bertz CT molecular complexity index is 1200. The zero-order valence-electron chi connectivity index (χ0n) is 15.6. The zero-order valence-corrected chi connectivity index (χ0v) is 15.6. The van der Waals surface area contributed by atoms with E-state index in [4.69, 9.17) is 0 Å². The molecular weight excluding hydrogens is 324 g/mol. The van der Waals surface area contributed by atoms with E-state index in [1.54, 1.807) is 0 Å². The lowest BCUT2D eigenvalue weighted by Gasteiger charge is -2.30. The molecule has 0 bridgehead atoms. The van der Waals surface area contributed by atoms with Gasteiger partial charge in [-0.15, -0.1) is 0 Å². The molecule has 0 N–H and O–H groups in total. The molecule has 0 fully saturated rings. The molecule has 0 aliphatic heterocycles. The maximum absolute atomic E-state index is 2.41. The minimum atomic E-state index is -0.199. The Hall–Kier alpha value is -3.12. The van der Waals surface area contributed by atoms with Gasteiger partial charge in [0.25, 0.3) is 0 Å². The fourth-order valence-corrected chi connectivity index (χ4v) is 5.48. The first-order valence-electron chi connectivity index (χ1n) is 9.64. The van der Waals surface area contributed by atoms with Crippen molar-refractivity contribution >= 4 is 0 Å². The fourth-order valence-electron chi connectivity index (χ4n) is 5.48. The summed E-state index contributed by atoms with van der Waals surface area (Å²) in [5.74, 6) is 0. The molecule has 0 saturated carbocycles. The quantitative estimate of drug-likeness (QED) is 0.289. The predicted octanol–water partition coefficient (Wildman–Crippen LogP) is 6.65. The van der Waals surface area contributed by atoms with Gasteiger partial charge in [0.15, 0.2) is 0 Å². The minimum absolute atomic E-state index is 0.199. The largest absolute Gasteiger partial charge is 0.0725 e. The number of fused-ring (bicyclic) bond motifs is 10. The highest BCUT2D eigenvalue weighted by Crippen LogP contribution is 2.63. The van der Waals surface area contributed by atoms with Crippen molar-refractivity contribution in [1.82, 2.24) is 0 Å². The molecule has 27 heavy (non-hydrogen) atoms. The van der Waals surface area contributed by atoms with E-state index in [0.29, 0.717) is 0 Å². The molecule has 0 aromatic heterocycles. The highest BCUT2D eigenvalue weighted by Gasteiger charge is 2.51. The molecule has 2 aliphatic rings. The highest BCUT2D eigenvalue weighted by molar-refractivity contribution is 5.95. The topological polar surface area (TPSA) is 0 Å². The summed E-state index contributed by atoms with van der Waals surface area (Å²) in [6.45, 7) is 4.45. The summed E-state index contributed by atoms with van der Waals surface area (Å²) in [5.41, 5.74) is 13.7. The highest BCUT2D eigenvalue weighted by atomic mass is 14.5. The van der Waals surface area contributed by atoms with Crippen molar-refractivity contribution in [3.8, 4) is 22.3 Å². The van der Waals surface area contributed by atoms with E-state index >= 15 is 0 Å².